The number of aryl methyl sites for hydroxylation is 2. The van der Waals surface area contributed by atoms with Crippen LogP contribution in [0.25, 0.3) is 0 Å². The molecule has 0 radical (unpaired) electrons. The van der Waals surface area contributed by atoms with Crippen LogP contribution in [0.4, 0.5) is 5.69 Å². The van der Waals surface area contributed by atoms with Gasteiger partial charge >= 0.3 is 0 Å². The number of sulfonamides is 1. The molecule has 0 bridgehead atoms. The number of nitrogens with one attached hydrogen (secondary N) is 1. The molecule has 3 rings (SSSR count). The highest BCUT2D eigenvalue weighted by atomic mass is 35.5. The summed E-state index contributed by atoms with van der Waals surface area (Å²) >= 11 is 0. The summed E-state index contributed by atoms with van der Waals surface area (Å²) < 4.78 is 27.7. The van der Waals surface area contributed by atoms with Crippen LogP contribution < -0.4 is 10.5 Å². The molecule has 1 aliphatic rings. The van der Waals surface area contributed by atoms with Crippen LogP contribution in [0, 0.1) is 0 Å². The van der Waals surface area contributed by atoms with Crippen LogP contribution in [0.3, 0.4) is 0 Å². The monoisotopic (exact) mass is 366 g/mol. The molecule has 0 saturated heterocycles. The number of fused-ring (bicyclic) bond motifs is 1. The number of hydrogen-bond donors (Lipinski definition) is 2. The molecule has 0 aromatic heterocycles. The van der Waals surface area contributed by atoms with E-state index in [1.54, 1.807) is 0 Å². The Bertz CT molecular complexity index is 779. The second kappa shape index (κ2) is 8.01. The maximum absolute atomic E-state index is 12.4. The van der Waals surface area contributed by atoms with E-state index in [2.05, 4.69) is 4.72 Å². The molecule has 1 aliphatic carbocycles. The summed E-state index contributed by atoms with van der Waals surface area (Å²) in [4.78, 5) is 0. The number of benzene rings is 2. The minimum Gasteiger partial charge on any atom is -0.399 e. The molecule has 24 heavy (non-hydrogen) atoms. The Kier molecular flexibility index (Phi) is 6.27. The first-order valence-electron chi connectivity index (χ1n) is 7.96. The number of rotatable bonds is 5. The average molecular weight is 367 g/mol. The van der Waals surface area contributed by atoms with E-state index < -0.39 is 10.0 Å². The number of halogens is 1. The van der Waals surface area contributed by atoms with Gasteiger partial charge in [0.25, 0.3) is 0 Å². The largest absolute Gasteiger partial charge is 0.399 e. The van der Waals surface area contributed by atoms with Gasteiger partial charge < -0.3 is 5.73 Å². The second-order valence-corrected chi connectivity index (χ2v) is 7.95. The molecule has 1 unspecified atom stereocenters. The predicted octanol–water partition coefficient (Wildman–Crippen LogP) is 3.23. The van der Waals surface area contributed by atoms with Gasteiger partial charge in [-0.05, 0) is 54.5 Å². The molecular formula is C18H23ClN2O2S. The fourth-order valence-corrected chi connectivity index (χ4v) is 4.43. The van der Waals surface area contributed by atoms with Gasteiger partial charge in [0.1, 0.15) is 0 Å². The lowest BCUT2D eigenvalue weighted by Gasteiger charge is -2.26. The summed E-state index contributed by atoms with van der Waals surface area (Å²) in [6.45, 7) is 0. The lowest BCUT2D eigenvalue weighted by atomic mass is 9.88. The Hall–Kier alpha value is -1.56. The molecule has 130 valence electrons. The normalized spacial score (nSPS) is 16.9. The zero-order valence-electron chi connectivity index (χ0n) is 13.4. The van der Waals surface area contributed by atoms with Crippen molar-refractivity contribution in [3.8, 4) is 0 Å². The maximum Gasteiger partial charge on any atom is 0.212 e. The number of hydrogen-bond acceptors (Lipinski definition) is 3. The van der Waals surface area contributed by atoms with Crippen LogP contribution in [0.15, 0.2) is 48.5 Å². The molecule has 0 heterocycles. The van der Waals surface area contributed by atoms with Crippen LogP contribution in [0.1, 0.15) is 35.6 Å². The third kappa shape index (κ3) is 4.72. The summed E-state index contributed by atoms with van der Waals surface area (Å²) in [5.41, 5.74) is 9.82. The molecule has 2 aromatic carbocycles. The van der Waals surface area contributed by atoms with Crippen molar-refractivity contribution < 1.29 is 8.42 Å². The van der Waals surface area contributed by atoms with Crippen molar-refractivity contribution in [2.75, 3.05) is 11.5 Å². The Balaban J connectivity index is 0.00000208. The van der Waals surface area contributed by atoms with Crippen LogP contribution in [0.5, 0.6) is 0 Å². The van der Waals surface area contributed by atoms with Crippen molar-refractivity contribution in [3.05, 3.63) is 65.2 Å². The molecule has 0 fully saturated rings. The molecule has 2 aromatic rings. The molecule has 4 nitrogen and oxygen atoms in total. The second-order valence-electron chi connectivity index (χ2n) is 6.08. The topological polar surface area (TPSA) is 72.2 Å². The highest BCUT2D eigenvalue weighted by Gasteiger charge is 2.24. The van der Waals surface area contributed by atoms with E-state index in [1.165, 1.54) is 0 Å². The van der Waals surface area contributed by atoms with Crippen LogP contribution in [0.2, 0.25) is 0 Å². The first kappa shape index (κ1) is 18.8. The minimum atomic E-state index is -3.31. The van der Waals surface area contributed by atoms with E-state index in [-0.39, 0.29) is 24.2 Å². The zero-order chi connectivity index (χ0) is 16.3. The van der Waals surface area contributed by atoms with E-state index in [1.807, 2.05) is 48.5 Å². The average Bonchev–Trinajstić information content (AvgIpc) is 2.54. The third-order valence-electron chi connectivity index (χ3n) is 4.31. The summed E-state index contributed by atoms with van der Waals surface area (Å²) in [5, 5.41) is 0. The molecule has 3 N–H and O–H groups in total. The smallest absolute Gasteiger partial charge is 0.212 e. The van der Waals surface area contributed by atoms with Gasteiger partial charge in [0.15, 0.2) is 0 Å². The number of anilines is 1. The van der Waals surface area contributed by atoms with Gasteiger partial charge in [-0.2, -0.15) is 0 Å². The summed E-state index contributed by atoms with van der Waals surface area (Å²) in [5.74, 6) is 0.109. The van der Waals surface area contributed by atoms with Crippen molar-refractivity contribution in [2.24, 2.45) is 0 Å². The molecular weight excluding hydrogens is 344 g/mol. The van der Waals surface area contributed by atoms with Gasteiger partial charge in [-0.3, -0.25) is 0 Å². The zero-order valence-corrected chi connectivity index (χ0v) is 15.1. The number of nitrogen functional groups attached to an aromatic ring is 1. The Morgan fingerprint density at radius 3 is 2.62 bits per heavy atom. The fraction of sp³-hybridized carbons (Fsp3) is 0.333. The molecule has 1 atom stereocenters. The van der Waals surface area contributed by atoms with E-state index in [0.29, 0.717) is 6.42 Å². The van der Waals surface area contributed by atoms with Gasteiger partial charge in [0, 0.05) is 11.7 Å². The van der Waals surface area contributed by atoms with Gasteiger partial charge in [0.05, 0.1) is 5.75 Å². The highest BCUT2D eigenvalue weighted by molar-refractivity contribution is 7.89. The Labute approximate surface area is 149 Å². The van der Waals surface area contributed by atoms with Crippen molar-refractivity contribution in [1.29, 1.82) is 0 Å². The summed E-state index contributed by atoms with van der Waals surface area (Å²) in [7, 11) is -3.31. The van der Waals surface area contributed by atoms with Crippen LogP contribution in [-0.4, -0.2) is 14.2 Å². The third-order valence-corrected chi connectivity index (χ3v) is 5.69. The standard InChI is InChI=1S/C18H22N2O2S.ClH/c19-16-9-10-17-15(13-16)7-4-8-18(17)20-23(21,22)12-11-14-5-2-1-3-6-14;/h1-3,5-6,9-10,13,18,20H,4,7-8,11-12,19H2;1H. The van der Waals surface area contributed by atoms with E-state index in [9.17, 15) is 8.42 Å². The molecule has 0 amide bonds. The SMILES string of the molecule is Cl.Nc1ccc2c(c1)CCCC2NS(=O)(=O)CCc1ccccc1. The lowest BCUT2D eigenvalue weighted by Crippen LogP contribution is -2.33. The van der Waals surface area contributed by atoms with Crippen LogP contribution in [-0.2, 0) is 22.9 Å². The van der Waals surface area contributed by atoms with E-state index in [0.717, 1.165) is 41.6 Å². The highest BCUT2D eigenvalue weighted by Crippen LogP contribution is 2.31. The fourth-order valence-electron chi connectivity index (χ4n) is 3.13. The van der Waals surface area contributed by atoms with Gasteiger partial charge in [-0.1, -0.05) is 36.4 Å². The van der Waals surface area contributed by atoms with Crippen LogP contribution >= 0.6 is 12.4 Å². The first-order valence-corrected chi connectivity index (χ1v) is 9.61. The Morgan fingerprint density at radius 2 is 1.88 bits per heavy atom. The molecule has 0 saturated carbocycles. The van der Waals surface area contributed by atoms with E-state index >= 15 is 0 Å². The molecule has 0 spiro atoms. The predicted molar refractivity (Wildman–Crippen MR) is 101 cm³/mol. The van der Waals surface area contributed by atoms with Crippen molar-refractivity contribution >= 4 is 28.1 Å². The van der Waals surface area contributed by atoms with Gasteiger partial charge in [-0.25, -0.2) is 13.1 Å². The van der Waals surface area contributed by atoms with Crippen molar-refractivity contribution in [1.82, 2.24) is 4.72 Å². The summed E-state index contributed by atoms with van der Waals surface area (Å²) in [6, 6.07) is 15.3. The van der Waals surface area contributed by atoms with Gasteiger partial charge in [-0.15, -0.1) is 12.4 Å². The summed E-state index contributed by atoms with van der Waals surface area (Å²) in [6.07, 6.45) is 3.30. The number of nitrogens with two attached hydrogens (primary N) is 1. The van der Waals surface area contributed by atoms with Crippen molar-refractivity contribution in [2.45, 2.75) is 31.7 Å². The lowest BCUT2D eigenvalue weighted by molar-refractivity contribution is 0.507. The minimum absolute atomic E-state index is 0. The quantitative estimate of drug-likeness (QED) is 0.798. The molecule has 6 heteroatoms. The Morgan fingerprint density at radius 1 is 1.12 bits per heavy atom. The van der Waals surface area contributed by atoms with Gasteiger partial charge in [0.2, 0.25) is 10.0 Å². The maximum atomic E-state index is 12.4. The first-order chi connectivity index (χ1) is 11.0. The van der Waals surface area contributed by atoms with Crippen molar-refractivity contribution in [3.63, 3.8) is 0 Å². The molecule has 0 aliphatic heterocycles. The van der Waals surface area contributed by atoms with E-state index in [4.69, 9.17) is 5.73 Å².